The van der Waals surface area contributed by atoms with Gasteiger partial charge in [-0.25, -0.2) is 4.39 Å². The van der Waals surface area contributed by atoms with Crippen LogP contribution in [0.1, 0.15) is 32.7 Å². The number of hydrogen-bond donors (Lipinski definition) is 0. The molecule has 0 radical (unpaired) electrons. The summed E-state index contributed by atoms with van der Waals surface area (Å²) in [6.45, 7) is 4.03. The van der Waals surface area contributed by atoms with Crippen LogP contribution in [0.25, 0.3) is 0 Å². The number of carbonyl (C=O) groups is 2. The van der Waals surface area contributed by atoms with Gasteiger partial charge in [0.1, 0.15) is 5.82 Å². The molecule has 1 fully saturated rings. The van der Waals surface area contributed by atoms with Gasteiger partial charge in [0.05, 0.1) is 0 Å². The molecule has 1 aliphatic heterocycles. The molecule has 0 unspecified atom stereocenters. The van der Waals surface area contributed by atoms with Crippen LogP contribution in [0, 0.1) is 12.7 Å². The molecule has 0 aromatic heterocycles. The normalized spacial score (nSPS) is 15.0. The highest BCUT2D eigenvalue weighted by molar-refractivity contribution is 5.96. The van der Waals surface area contributed by atoms with E-state index in [1.807, 2.05) is 31.2 Å². The van der Waals surface area contributed by atoms with Crippen LogP contribution in [-0.4, -0.2) is 47.8 Å². The highest BCUT2D eigenvalue weighted by atomic mass is 19.1. The van der Waals surface area contributed by atoms with Gasteiger partial charge in [-0.3, -0.25) is 9.59 Å². The van der Waals surface area contributed by atoms with E-state index in [0.717, 1.165) is 5.56 Å². The molecule has 25 heavy (non-hydrogen) atoms. The van der Waals surface area contributed by atoms with E-state index < -0.39 is 5.82 Å². The molecule has 5 heteroatoms. The standard InChI is InChI=1S/C20H21FN2O2/c1-15-6-2-3-9-18(15)20(25)23-11-5-10-22(12-13-23)19(24)16-7-4-8-17(21)14-16/h2-4,6-9,14H,5,10-13H2,1H3. The molecule has 0 aliphatic carbocycles. The number of rotatable bonds is 2. The molecule has 0 spiro atoms. The van der Waals surface area contributed by atoms with Crippen molar-refractivity contribution in [1.82, 2.24) is 9.80 Å². The monoisotopic (exact) mass is 340 g/mol. The van der Waals surface area contributed by atoms with Crippen molar-refractivity contribution in [2.24, 2.45) is 0 Å². The Morgan fingerprint density at radius 3 is 2.24 bits per heavy atom. The lowest BCUT2D eigenvalue weighted by atomic mass is 10.1. The second-order valence-corrected chi connectivity index (χ2v) is 6.26. The maximum atomic E-state index is 13.3. The summed E-state index contributed by atoms with van der Waals surface area (Å²) >= 11 is 0. The van der Waals surface area contributed by atoms with Crippen LogP contribution in [-0.2, 0) is 0 Å². The number of aryl methyl sites for hydroxylation is 1. The summed E-state index contributed by atoms with van der Waals surface area (Å²) in [6.07, 6.45) is 0.707. The van der Waals surface area contributed by atoms with Crippen molar-refractivity contribution < 1.29 is 14.0 Å². The zero-order chi connectivity index (χ0) is 17.8. The number of carbonyl (C=O) groups excluding carboxylic acids is 2. The second kappa shape index (κ2) is 7.47. The van der Waals surface area contributed by atoms with E-state index in [0.29, 0.717) is 43.7 Å². The molecule has 0 N–H and O–H groups in total. The minimum Gasteiger partial charge on any atom is -0.337 e. The van der Waals surface area contributed by atoms with Crippen LogP contribution in [0.2, 0.25) is 0 Å². The Morgan fingerprint density at radius 1 is 0.880 bits per heavy atom. The van der Waals surface area contributed by atoms with Crippen molar-refractivity contribution in [2.75, 3.05) is 26.2 Å². The lowest BCUT2D eigenvalue weighted by Crippen LogP contribution is -2.37. The number of halogens is 1. The molecule has 2 amide bonds. The topological polar surface area (TPSA) is 40.6 Å². The van der Waals surface area contributed by atoms with Crippen molar-refractivity contribution in [3.05, 3.63) is 71.0 Å². The van der Waals surface area contributed by atoms with E-state index in [2.05, 4.69) is 0 Å². The Morgan fingerprint density at radius 2 is 1.56 bits per heavy atom. The van der Waals surface area contributed by atoms with E-state index in [1.54, 1.807) is 15.9 Å². The number of amides is 2. The summed E-state index contributed by atoms with van der Waals surface area (Å²) in [4.78, 5) is 28.8. The first kappa shape index (κ1) is 17.1. The predicted octanol–water partition coefficient (Wildman–Crippen LogP) is 3.12. The van der Waals surface area contributed by atoms with E-state index >= 15 is 0 Å². The lowest BCUT2D eigenvalue weighted by Gasteiger charge is -2.23. The van der Waals surface area contributed by atoms with Crippen molar-refractivity contribution in [3.63, 3.8) is 0 Å². The van der Waals surface area contributed by atoms with Gasteiger partial charge in [0.25, 0.3) is 11.8 Å². The Kier molecular flexibility index (Phi) is 5.12. The molecule has 0 atom stereocenters. The average molecular weight is 340 g/mol. The van der Waals surface area contributed by atoms with Crippen molar-refractivity contribution in [3.8, 4) is 0 Å². The van der Waals surface area contributed by atoms with Gasteiger partial charge in [-0.15, -0.1) is 0 Å². The Labute approximate surface area is 146 Å². The highest BCUT2D eigenvalue weighted by Crippen LogP contribution is 2.15. The van der Waals surface area contributed by atoms with Gasteiger partial charge in [-0.2, -0.15) is 0 Å². The van der Waals surface area contributed by atoms with Gasteiger partial charge in [0, 0.05) is 37.3 Å². The van der Waals surface area contributed by atoms with Gasteiger partial charge in [0.2, 0.25) is 0 Å². The number of nitrogens with zero attached hydrogens (tertiary/aromatic N) is 2. The van der Waals surface area contributed by atoms with Crippen molar-refractivity contribution >= 4 is 11.8 Å². The van der Waals surface area contributed by atoms with Crippen LogP contribution in [0.3, 0.4) is 0 Å². The van der Waals surface area contributed by atoms with E-state index in [4.69, 9.17) is 0 Å². The van der Waals surface area contributed by atoms with E-state index in [9.17, 15) is 14.0 Å². The minimum atomic E-state index is -0.419. The first-order chi connectivity index (χ1) is 12.1. The second-order valence-electron chi connectivity index (χ2n) is 6.26. The Bertz CT molecular complexity index is 791. The number of benzene rings is 2. The largest absolute Gasteiger partial charge is 0.337 e. The zero-order valence-corrected chi connectivity index (χ0v) is 14.2. The van der Waals surface area contributed by atoms with Crippen LogP contribution in [0.5, 0.6) is 0 Å². The van der Waals surface area contributed by atoms with Gasteiger partial charge < -0.3 is 9.80 Å². The molecule has 1 heterocycles. The molecule has 130 valence electrons. The first-order valence-electron chi connectivity index (χ1n) is 8.46. The van der Waals surface area contributed by atoms with E-state index in [-0.39, 0.29) is 11.8 Å². The van der Waals surface area contributed by atoms with E-state index in [1.165, 1.54) is 18.2 Å². The third kappa shape index (κ3) is 3.87. The van der Waals surface area contributed by atoms with Crippen LogP contribution >= 0.6 is 0 Å². The maximum Gasteiger partial charge on any atom is 0.254 e. The first-order valence-corrected chi connectivity index (χ1v) is 8.46. The molecule has 2 aromatic carbocycles. The zero-order valence-electron chi connectivity index (χ0n) is 14.2. The average Bonchev–Trinajstić information content (AvgIpc) is 2.87. The molecular weight excluding hydrogens is 319 g/mol. The third-order valence-corrected chi connectivity index (χ3v) is 4.52. The van der Waals surface area contributed by atoms with Gasteiger partial charge in [-0.05, 0) is 43.2 Å². The van der Waals surface area contributed by atoms with Gasteiger partial charge in [-0.1, -0.05) is 24.3 Å². The SMILES string of the molecule is Cc1ccccc1C(=O)N1CCCN(C(=O)c2cccc(F)c2)CC1. The predicted molar refractivity (Wildman–Crippen MR) is 94.0 cm³/mol. The highest BCUT2D eigenvalue weighted by Gasteiger charge is 2.24. The van der Waals surface area contributed by atoms with Gasteiger partial charge in [0.15, 0.2) is 0 Å². The summed E-state index contributed by atoms with van der Waals surface area (Å²) < 4.78 is 13.3. The minimum absolute atomic E-state index is 0.00171. The fraction of sp³-hybridized carbons (Fsp3) is 0.300. The maximum absolute atomic E-state index is 13.3. The fourth-order valence-corrected chi connectivity index (χ4v) is 3.11. The third-order valence-electron chi connectivity index (χ3n) is 4.52. The summed E-state index contributed by atoms with van der Waals surface area (Å²) in [7, 11) is 0. The molecule has 0 bridgehead atoms. The van der Waals surface area contributed by atoms with Crippen molar-refractivity contribution in [1.29, 1.82) is 0 Å². The molecule has 1 saturated heterocycles. The summed E-state index contributed by atoms with van der Waals surface area (Å²) in [5.74, 6) is -0.611. The van der Waals surface area contributed by atoms with Crippen LogP contribution in [0.15, 0.2) is 48.5 Å². The molecule has 3 rings (SSSR count). The molecule has 4 nitrogen and oxygen atoms in total. The summed E-state index contributed by atoms with van der Waals surface area (Å²) in [6, 6.07) is 13.3. The van der Waals surface area contributed by atoms with Crippen molar-refractivity contribution in [2.45, 2.75) is 13.3 Å². The molecular formula is C20H21FN2O2. The Balaban J connectivity index is 1.69. The molecule has 2 aromatic rings. The number of hydrogen-bond acceptors (Lipinski definition) is 2. The van der Waals surface area contributed by atoms with Crippen LogP contribution in [0.4, 0.5) is 4.39 Å². The van der Waals surface area contributed by atoms with Crippen LogP contribution < -0.4 is 0 Å². The smallest absolute Gasteiger partial charge is 0.254 e. The summed E-state index contributed by atoms with van der Waals surface area (Å²) in [5.41, 5.74) is 2.00. The fourth-order valence-electron chi connectivity index (χ4n) is 3.11. The molecule has 1 aliphatic rings. The van der Waals surface area contributed by atoms with Gasteiger partial charge >= 0.3 is 0 Å². The lowest BCUT2D eigenvalue weighted by molar-refractivity contribution is 0.0718. The summed E-state index contributed by atoms with van der Waals surface area (Å²) in [5, 5.41) is 0. The quantitative estimate of drug-likeness (QED) is 0.843. The molecule has 0 saturated carbocycles. The Hall–Kier alpha value is -2.69.